The predicted molar refractivity (Wildman–Crippen MR) is 46.3 cm³/mol. The number of allylic oxidation sites excluding steroid dienone is 1. The quantitative estimate of drug-likeness (QED) is 0.546. The van der Waals surface area contributed by atoms with Crippen molar-refractivity contribution in [2.24, 2.45) is 10.7 Å². The van der Waals surface area contributed by atoms with Crippen molar-refractivity contribution in [2.75, 3.05) is 0 Å². The van der Waals surface area contributed by atoms with Gasteiger partial charge in [-0.3, -0.25) is 10.7 Å². The first-order chi connectivity index (χ1) is 4.72. The van der Waals surface area contributed by atoms with Crippen molar-refractivity contribution in [1.82, 2.24) is 4.57 Å². The fourth-order valence-corrected chi connectivity index (χ4v) is 2.05. The van der Waals surface area contributed by atoms with Crippen LogP contribution in [0.4, 0.5) is 0 Å². The van der Waals surface area contributed by atoms with Crippen molar-refractivity contribution in [3.05, 3.63) is 12.3 Å². The van der Waals surface area contributed by atoms with E-state index in [0.29, 0.717) is 0 Å². The van der Waals surface area contributed by atoms with E-state index in [2.05, 4.69) is 22.7 Å². The normalized spacial score (nSPS) is 24.4. The van der Waals surface area contributed by atoms with E-state index in [1.54, 1.807) is 6.21 Å². The molecule has 1 unspecified atom stereocenters. The molecule has 0 aromatic heterocycles. The largest absolute Gasteiger partial charge is 0.375 e. The highest BCUT2D eigenvalue weighted by molar-refractivity contribution is 6.53. The molecule has 0 aliphatic carbocycles. The van der Waals surface area contributed by atoms with Gasteiger partial charge in [0.2, 0.25) is 0 Å². The van der Waals surface area contributed by atoms with Crippen LogP contribution < -0.4 is 5.73 Å². The van der Waals surface area contributed by atoms with E-state index in [-0.39, 0.29) is 6.29 Å². The van der Waals surface area contributed by atoms with Crippen molar-refractivity contribution in [2.45, 2.75) is 19.4 Å². The summed E-state index contributed by atoms with van der Waals surface area (Å²) in [5, 5.41) is 0. The van der Waals surface area contributed by atoms with Gasteiger partial charge in [-0.25, -0.2) is 0 Å². The molecule has 1 aliphatic heterocycles. The minimum Gasteiger partial charge on any atom is -0.375 e. The van der Waals surface area contributed by atoms with Crippen LogP contribution in [0.15, 0.2) is 17.3 Å². The number of aliphatic imine (C=N–C) groups is 1. The lowest BCUT2D eigenvalue weighted by Crippen LogP contribution is -2.44. The number of nitrogens with two attached hydrogens (primary N) is 1. The Morgan fingerprint density at radius 2 is 2.30 bits per heavy atom. The van der Waals surface area contributed by atoms with Gasteiger partial charge >= 0.3 is 0 Å². The molecular formula is C6H13N3Si. The summed E-state index contributed by atoms with van der Waals surface area (Å²) in [4.78, 5) is 4.06. The maximum Gasteiger partial charge on any atom is 0.165 e. The molecule has 10 heavy (non-hydrogen) atoms. The topological polar surface area (TPSA) is 41.6 Å². The Hall–Kier alpha value is -0.613. The molecule has 1 atom stereocenters. The van der Waals surface area contributed by atoms with Crippen molar-refractivity contribution in [3.63, 3.8) is 0 Å². The Morgan fingerprint density at radius 3 is 2.70 bits per heavy atom. The second kappa shape index (κ2) is 2.98. The van der Waals surface area contributed by atoms with E-state index in [1.165, 1.54) is 0 Å². The first-order valence-corrected chi connectivity index (χ1v) is 6.27. The molecule has 0 aromatic rings. The molecule has 0 radical (unpaired) electrons. The smallest absolute Gasteiger partial charge is 0.165 e. The van der Waals surface area contributed by atoms with Crippen LogP contribution in [-0.2, 0) is 0 Å². The molecule has 1 rings (SSSR count). The first kappa shape index (κ1) is 7.49. The average Bonchev–Trinajstić information content (AvgIpc) is 1.88. The van der Waals surface area contributed by atoms with Crippen LogP contribution in [-0.4, -0.2) is 26.0 Å². The summed E-state index contributed by atoms with van der Waals surface area (Å²) in [5.74, 6) is 0. The van der Waals surface area contributed by atoms with E-state index in [1.807, 2.05) is 12.3 Å². The second-order valence-corrected chi connectivity index (χ2v) is 5.38. The van der Waals surface area contributed by atoms with Gasteiger partial charge in [0.25, 0.3) is 0 Å². The van der Waals surface area contributed by atoms with E-state index in [0.717, 1.165) is 0 Å². The monoisotopic (exact) mass is 155 g/mol. The zero-order valence-electron chi connectivity index (χ0n) is 6.36. The van der Waals surface area contributed by atoms with Crippen LogP contribution in [0.5, 0.6) is 0 Å². The number of hydrogen-bond donors (Lipinski definition) is 1. The van der Waals surface area contributed by atoms with Crippen LogP contribution >= 0.6 is 0 Å². The summed E-state index contributed by atoms with van der Waals surface area (Å²) in [5.41, 5.74) is 5.69. The zero-order valence-corrected chi connectivity index (χ0v) is 7.51. The van der Waals surface area contributed by atoms with Gasteiger partial charge in [-0.2, -0.15) is 0 Å². The molecule has 1 aliphatic rings. The van der Waals surface area contributed by atoms with Crippen LogP contribution in [0.3, 0.4) is 0 Å². The number of nitrogens with zero attached hydrogens (tertiary/aromatic N) is 2. The van der Waals surface area contributed by atoms with Gasteiger partial charge in [0.15, 0.2) is 6.29 Å². The van der Waals surface area contributed by atoms with Gasteiger partial charge in [0, 0.05) is 6.21 Å². The standard InChI is InChI=1S/C6H13N3Si/c1-10(2)9-5-3-4-8-6(9)7/h3-6,10H,7H2,1-2H3. The van der Waals surface area contributed by atoms with Gasteiger partial charge < -0.3 is 4.57 Å². The second-order valence-electron chi connectivity index (χ2n) is 2.59. The maximum atomic E-state index is 5.69. The molecule has 0 saturated heterocycles. The van der Waals surface area contributed by atoms with Gasteiger partial charge in [-0.05, 0) is 12.3 Å². The highest BCUT2D eigenvalue weighted by atomic mass is 28.3. The number of hydrogen-bond acceptors (Lipinski definition) is 3. The summed E-state index contributed by atoms with van der Waals surface area (Å²) >= 11 is 0. The minimum atomic E-state index is -0.802. The Morgan fingerprint density at radius 1 is 1.60 bits per heavy atom. The molecule has 1 heterocycles. The molecule has 0 fully saturated rings. The molecule has 2 N–H and O–H groups in total. The Kier molecular flexibility index (Phi) is 2.24. The summed E-state index contributed by atoms with van der Waals surface area (Å²) in [6.07, 6.45) is 5.57. The molecule has 0 amide bonds. The molecule has 56 valence electrons. The molecule has 0 saturated carbocycles. The molecule has 0 aromatic carbocycles. The highest BCUT2D eigenvalue weighted by Gasteiger charge is 2.13. The third kappa shape index (κ3) is 1.46. The fourth-order valence-electron chi connectivity index (χ4n) is 0.919. The lowest BCUT2D eigenvalue weighted by molar-refractivity contribution is 0.436. The molecule has 0 spiro atoms. The SMILES string of the molecule is C[SiH](C)N1C=CC=NC1N. The molecule has 4 heteroatoms. The lowest BCUT2D eigenvalue weighted by atomic mass is 10.6. The van der Waals surface area contributed by atoms with Crippen molar-refractivity contribution in [3.8, 4) is 0 Å². The van der Waals surface area contributed by atoms with Gasteiger partial charge in [0.1, 0.15) is 8.96 Å². The van der Waals surface area contributed by atoms with Crippen molar-refractivity contribution in [1.29, 1.82) is 0 Å². The van der Waals surface area contributed by atoms with Crippen LogP contribution in [0.1, 0.15) is 0 Å². The first-order valence-electron chi connectivity index (χ1n) is 3.45. The van der Waals surface area contributed by atoms with Gasteiger partial charge in [0.05, 0.1) is 0 Å². The Labute approximate surface area is 62.9 Å². The van der Waals surface area contributed by atoms with Crippen LogP contribution in [0.2, 0.25) is 13.1 Å². The zero-order chi connectivity index (χ0) is 7.56. The van der Waals surface area contributed by atoms with Gasteiger partial charge in [-0.15, -0.1) is 0 Å². The predicted octanol–water partition coefficient (Wildman–Crippen LogP) is 0.112. The third-order valence-corrected chi connectivity index (χ3v) is 3.15. The van der Waals surface area contributed by atoms with E-state index in [4.69, 9.17) is 5.73 Å². The van der Waals surface area contributed by atoms with Gasteiger partial charge in [-0.1, -0.05) is 13.1 Å². The van der Waals surface area contributed by atoms with Crippen LogP contribution in [0, 0.1) is 0 Å². The van der Waals surface area contributed by atoms with Crippen molar-refractivity contribution >= 4 is 15.2 Å². The van der Waals surface area contributed by atoms with E-state index < -0.39 is 8.96 Å². The molecular weight excluding hydrogens is 142 g/mol. The lowest BCUT2D eigenvalue weighted by Gasteiger charge is -2.29. The van der Waals surface area contributed by atoms with E-state index >= 15 is 0 Å². The Balaban J connectivity index is 2.61. The Bertz CT molecular complexity index is 164. The van der Waals surface area contributed by atoms with E-state index in [9.17, 15) is 0 Å². The number of rotatable bonds is 1. The summed E-state index contributed by atoms with van der Waals surface area (Å²) in [6.45, 7) is 4.45. The fraction of sp³-hybridized carbons (Fsp3) is 0.500. The molecule has 0 bridgehead atoms. The highest BCUT2D eigenvalue weighted by Crippen LogP contribution is 2.03. The maximum absolute atomic E-state index is 5.69. The molecule has 3 nitrogen and oxygen atoms in total. The third-order valence-electron chi connectivity index (χ3n) is 1.48. The van der Waals surface area contributed by atoms with Crippen LogP contribution in [0.25, 0.3) is 0 Å². The summed E-state index contributed by atoms with van der Waals surface area (Å²) in [6, 6.07) is 0. The average molecular weight is 155 g/mol. The summed E-state index contributed by atoms with van der Waals surface area (Å²) in [7, 11) is -0.802. The van der Waals surface area contributed by atoms with Crippen molar-refractivity contribution < 1.29 is 0 Å². The summed E-state index contributed by atoms with van der Waals surface area (Å²) < 4.78 is 2.14. The minimum absolute atomic E-state index is 0.128.